The molecule has 0 unspecified atom stereocenters. The first-order valence-corrected chi connectivity index (χ1v) is 6.07. The highest BCUT2D eigenvalue weighted by Gasteiger charge is 2.47. The van der Waals surface area contributed by atoms with Crippen molar-refractivity contribution in [2.75, 3.05) is 13.7 Å². The van der Waals surface area contributed by atoms with E-state index in [4.69, 9.17) is 0 Å². The van der Waals surface area contributed by atoms with Crippen LogP contribution in [0.5, 0.6) is 0 Å². The maximum atomic E-state index is 12.1. The zero-order valence-corrected chi connectivity index (χ0v) is 10.8. The molecule has 2 aliphatic rings. The Labute approximate surface area is 110 Å². The Bertz CT molecular complexity index is 411. The van der Waals surface area contributed by atoms with Crippen LogP contribution in [0, 0.1) is 0 Å². The maximum Gasteiger partial charge on any atom is 0.407 e. The Morgan fingerprint density at radius 2 is 2.26 bits per heavy atom. The molecule has 0 aromatic heterocycles. The van der Waals surface area contributed by atoms with Gasteiger partial charge in [-0.1, -0.05) is 0 Å². The standard InChI is InChI=1S/C11H17N3O5/c1-5(15)8-10(17)14-4-6(12-11(18)19-2)3-7(14)9(16)13-8/h5-8,15H,3-4H2,1-2H3,(H,12,18)(H,13,16)/t5-,6+,7+,8+/m1/s1. The SMILES string of the molecule is COC(=O)N[C@H]1C[C@H]2C(=O)N[C@@H]([C@@H](C)O)C(=O)N2C1. The molecule has 3 amide bonds. The average Bonchev–Trinajstić information content (AvgIpc) is 2.77. The summed E-state index contributed by atoms with van der Waals surface area (Å²) in [6, 6.07) is -1.83. The Kier molecular flexibility index (Phi) is 3.61. The Morgan fingerprint density at radius 1 is 1.58 bits per heavy atom. The molecule has 0 aliphatic carbocycles. The van der Waals surface area contributed by atoms with Gasteiger partial charge in [-0.2, -0.15) is 0 Å². The molecule has 2 fully saturated rings. The molecule has 0 saturated carbocycles. The zero-order chi connectivity index (χ0) is 14.2. The van der Waals surface area contributed by atoms with Gasteiger partial charge in [0.25, 0.3) is 0 Å². The first-order chi connectivity index (χ1) is 8.93. The highest BCUT2D eigenvalue weighted by Crippen LogP contribution is 2.23. The molecule has 2 saturated heterocycles. The van der Waals surface area contributed by atoms with E-state index in [1.807, 2.05) is 0 Å². The second kappa shape index (κ2) is 5.04. The quantitative estimate of drug-likeness (QED) is 0.548. The molecule has 3 N–H and O–H groups in total. The minimum Gasteiger partial charge on any atom is -0.453 e. The molecular formula is C11H17N3O5. The van der Waals surface area contributed by atoms with E-state index in [0.29, 0.717) is 6.42 Å². The average molecular weight is 271 g/mol. The van der Waals surface area contributed by atoms with Crippen molar-refractivity contribution in [3.05, 3.63) is 0 Å². The van der Waals surface area contributed by atoms with Crippen LogP contribution in [0.15, 0.2) is 0 Å². The van der Waals surface area contributed by atoms with Crippen molar-refractivity contribution in [3.63, 3.8) is 0 Å². The number of fused-ring (bicyclic) bond motifs is 1. The normalized spacial score (nSPS) is 31.5. The molecule has 0 radical (unpaired) electrons. The number of ether oxygens (including phenoxy) is 1. The number of piperazine rings is 1. The van der Waals surface area contributed by atoms with Gasteiger partial charge in [-0.3, -0.25) is 9.59 Å². The molecule has 0 aromatic carbocycles. The van der Waals surface area contributed by atoms with E-state index in [2.05, 4.69) is 15.4 Å². The number of hydrogen-bond donors (Lipinski definition) is 3. The van der Waals surface area contributed by atoms with Crippen LogP contribution in [0.25, 0.3) is 0 Å². The summed E-state index contributed by atoms with van der Waals surface area (Å²) in [6.07, 6.45) is -1.20. The minimum absolute atomic E-state index is 0.245. The summed E-state index contributed by atoms with van der Waals surface area (Å²) in [4.78, 5) is 36.5. The van der Waals surface area contributed by atoms with Gasteiger partial charge >= 0.3 is 6.09 Å². The van der Waals surface area contributed by atoms with Crippen LogP contribution in [0.2, 0.25) is 0 Å². The highest BCUT2D eigenvalue weighted by molar-refractivity contribution is 5.98. The lowest BCUT2D eigenvalue weighted by Crippen LogP contribution is -2.64. The number of nitrogens with one attached hydrogen (secondary N) is 2. The molecule has 0 aromatic rings. The fourth-order valence-corrected chi connectivity index (χ4v) is 2.48. The molecule has 8 nitrogen and oxygen atoms in total. The Hall–Kier alpha value is -1.83. The van der Waals surface area contributed by atoms with Crippen LogP contribution in [-0.2, 0) is 14.3 Å². The van der Waals surface area contributed by atoms with Gasteiger partial charge in [0.1, 0.15) is 12.1 Å². The predicted molar refractivity (Wildman–Crippen MR) is 63.1 cm³/mol. The summed E-state index contributed by atoms with van der Waals surface area (Å²) in [7, 11) is 1.25. The highest BCUT2D eigenvalue weighted by atomic mass is 16.5. The van der Waals surface area contributed by atoms with E-state index >= 15 is 0 Å². The predicted octanol–water partition coefficient (Wildman–Crippen LogP) is -1.81. The smallest absolute Gasteiger partial charge is 0.407 e. The van der Waals surface area contributed by atoms with Gasteiger partial charge in [0.05, 0.1) is 19.3 Å². The number of methoxy groups -OCH3 is 1. The molecule has 2 aliphatic heterocycles. The fraction of sp³-hybridized carbons (Fsp3) is 0.727. The third-order valence-electron chi connectivity index (χ3n) is 3.44. The molecule has 0 bridgehead atoms. The van der Waals surface area contributed by atoms with Crippen molar-refractivity contribution < 1.29 is 24.2 Å². The van der Waals surface area contributed by atoms with Crippen LogP contribution in [0.4, 0.5) is 4.79 Å². The summed E-state index contributed by atoms with van der Waals surface area (Å²) >= 11 is 0. The number of carbonyl (C=O) groups is 3. The van der Waals surface area contributed by atoms with E-state index in [1.165, 1.54) is 18.9 Å². The first kappa shape index (κ1) is 13.6. The third-order valence-corrected chi connectivity index (χ3v) is 3.44. The molecule has 4 atom stereocenters. The van der Waals surface area contributed by atoms with Gasteiger partial charge < -0.3 is 25.4 Å². The number of aliphatic hydroxyl groups excluding tert-OH is 1. The summed E-state index contributed by atoms with van der Waals surface area (Å²) in [5.74, 6) is -0.631. The van der Waals surface area contributed by atoms with Crippen LogP contribution >= 0.6 is 0 Å². The molecular weight excluding hydrogens is 254 g/mol. The van der Waals surface area contributed by atoms with E-state index in [-0.39, 0.29) is 24.4 Å². The monoisotopic (exact) mass is 271 g/mol. The van der Waals surface area contributed by atoms with Crippen LogP contribution in [0.3, 0.4) is 0 Å². The van der Waals surface area contributed by atoms with E-state index < -0.39 is 24.3 Å². The van der Waals surface area contributed by atoms with Crippen molar-refractivity contribution in [2.45, 2.75) is 37.6 Å². The van der Waals surface area contributed by atoms with Gasteiger partial charge in [0, 0.05) is 6.54 Å². The first-order valence-electron chi connectivity index (χ1n) is 6.07. The zero-order valence-electron chi connectivity index (χ0n) is 10.8. The lowest BCUT2D eigenvalue weighted by atomic mass is 10.0. The van der Waals surface area contributed by atoms with Crippen molar-refractivity contribution in [2.24, 2.45) is 0 Å². The summed E-state index contributed by atoms with van der Waals surface area (Å²) in [6.45, 7) is 1.69. The minimum atomic E-state index is -0.954. The number of amides is 3. The van der Waals surface area contributed by atoms with E-state index in [9.17, 15) is 19.5 Å². The van der Waals surface area contributed by atoms with Gasteiger partial charge in [-0.15, -0.1) is 0 Å². The van der Waals surface area contributed by atoms with Gasteiger partial charge in [-0.05, 0) is 13.3 Å². The number of nitrogens with zero attached hydrogens (tertiary/aromatic N) is 1. The van der Waals surface area contributed by atoms with Crippen molar-refractivity contribution in [3.8, 4) is 0 Å². The molecule has 8 heteroatoms. The summed E-state index contributed by atoms with van der Waals surface area (Å²) in [5.41, 5.74) is 0. The second-order valence-electron chi connectivity index (χ2n) is 4.80. The molecule has 19 heavy (non-hydrogen) atoms. The lowest BCUT2D eigenvalue weighted by Gasteiger charge is -2.35. The molecule has 2 heterocycles. The number of carbonyl (C=O) groups excluding carboxylic acids is 3. The second-order valence-corrected chi connectivity index (χ2v) is 4.80. The van der Waals surface area contributed by atoms with Crippen molar-refractivity contribution >= 4 is 17.9 Å². The van der Waals surface area contributed by atoms with Crippen LogP contribution in [-0.4, -0.2) is 65.8 Å². The summed E-state index contributed by atoms with van der Waals surface area (Å²) < 4.78 is 4.48. The van der Waals surface area contributed by atoms with Crippen LogP contribution < -0.4 is 10.6 Å². The van der Waals surface area contributed by atoms with Crippen LogP contribution in [0.1, 0.15) is 13.3 Å². The molecule has 0 spiro atoms. The van der Waals surface area contributed by atoms with Gasteiger partial charge in [0.2, 0.25) is 11.8 Å². The van der Waals surface area contributed by atoms with Gasteiger partial charge in [-0.25, -0.2) is 4.79 Å². The fourth-order valence-electron chi connectivity index (χ4n) is 2.48. The third kappa shape index (κ3) is 2.48. The Morgan fingerprint density at radius 3 is 2.84 bits per heavy atom. The number of alkyl carbamates (subject to hydrolysis) is 1. The largest absolute Gasteiger partial charge is 0.453 e. The molecule has 2 rings (SSSR count). The van der Waals surface area contributed by atoms with E-state index in [0.717, 1.165) is 0 Å². The van der Waals surface area contributed by atoms with Gasteiger partial charge in [0.15, 0.2) is 0 Å². The number of aliphatic hydroxyl groups is 1. The molecule has 106 valence electrons. The van der Waals surface area contributed by atoms with E-state index in [1.54, 1.807) is 0 Å². The van der Waals surface area contributed by atoms with Crippen molar-refractivity contribution in [1.29, 1.82) is 0 Å². The lowest BCUT2D eigenvalue weighted by molar-refractivity contribution is -0.149. The van der Waals surface area contributed by atoms with Crippen molar-refractivity contribution in [1.82, 2.24) is 15.5 Å². The number of hydrogen-bond acceptors (Lipinski definition) is 5. The maximum absolute atomic E-state index is 12.1. The summed E-state index contributed by atoms with van der Waals surface area (Å²) in [5, 5.41) is 14.6. The topological polar surface area (TPSA) is 108 Å². The number of rotatable bonds is 2. The Balaban J connectivity index is 2.08.